The third kappa shape index (κ3) is 4.44. The number of halogens is 1. The summed E-state index contributed by atoms with van der Waals surface area (Å²) in [6.07, 6.45) is 2.05. The summed E-state index contributed by atoms with van der Waals surface area (Å²) in [7, 11) is 0. The zero-order chi connectivity index (χ0) is 5.82. The Morgan fingerprint density at radius 2 is 2.10 bits per heavy atom. The van der Waals surface area contributed by atoms with E-state index in [0.29, 0.717) is 0 Å². The molecule has 1 aromatic carbocycles. The van der Waals surface area contributed by atoms with Crippen molar-refractivity contribution in [2.24, 2.45) is 0 Å². The molecule has 0 saturated carbocycles. The molecule has 0 aromatic heterocycles. The van der Waals surface area contributed by atoms with Gasteiger partial charge in [-0.1, -0.05) is 0 Å². The fourth-order valence-corrected chi connectivity index (χ4v) is 0.904. The summed E-state index contributed by atoms with van der Waals surface area (Å²) in [6.45, 7) is 0. The van der Waals surface area contributed by atoms with Crippen molar-refractivity contribution >= 4 is 34.8 Å². The number of hydrogen-bond donors (Lipinski definition) is 0. The van der Waals surface area contributed by atoms with Gasteiger partial charge in [-0.25, -0.2) is 0 Å². The topological polar surface area (TPSA) is 0 Å². The summed E-state index contributed by atoms with van der Waals surface area (Å²) in [5, 5.41) is 0. The van der Waals surface area contributed by atoms with Gasteiger partial charge in [-0.2, -0.15) is 42.1 Å². The van der Waals surface area contributed by atoms with E-state index in [2.05, 4.69) is 6.07 Å². The number of thioether (sulfide) groups is 1. The Hall–Kier alpha value is 0.626. The standard InChI is InChI=1S/C7H7S.ClH.Mg/c1-8-7-5-3-2-4-6-7;;/h2-5H,1H3;1H;/q-1;;+2/p-1. The zero-order valence-corrected chi connectivity index (χ0v) is 8.79. The van der Waals surface area contributed by atoms with Crippen LogP contribution in [0.15, 0.2) is 29.2 Å². The predicted octanol–water partition coefficient (Wildman–Crippen LogP) is -1.17. The Balaban J connectivity index is 0. The Kier molecular flexibility index (Phi) is 10.2. The first-order chi connectivity index (χ1) is 3.93. The molecule has 50 valence electrons. The van der Waals surface area contributed by atoms with Crippen molar-refractivity contribution in [1.82, 2.24) is 0 Å². The summed E-state index contributed by atoms with van der Waals surface area (Å²) >= 11 is 1.71. The molecule has 0 aliphatic heterocycles. The first-order valence-electron chi connectivity index (χ1n) is 2.44. The van der Waals surface area contributed by atoms with Crippen LogP contribution < -0.4 is 12.4 Å². The zero-order valence-electron chi connectivity index (χ0n) is 5.80. The minimum atomic E-state index is 0. The molecule has 0 aliphatic rings. The van der Waals surface area contributed by atoms with Gasteiger partial charge >= 0.3 is 23.1 Å². The van der Waals surface area contributed by atoms with E-state index >= 15 is 0 Å². The van der Waals surface area contributed by atoms with E-state index < -0.39 is 0 Å². The van der Waals surface area contributed by atoms with Crippen LogP contribution >= 0.6 is 11.8 Å². The van der Waals surface area contributed by atoms with Gasteiger partial charge in [-0.3, -0.25) is 0 Å². The van der Waals surface area contributed by atoms with Crippen molar-refractivity contribution in [2.45, 2.75) is 4.90 Å². The molecule has 0 spiro atoms. The van der Waals surface area contributed by atoms with E-state index in [1.807, 2.05) is 30.5 Å². The van der Waals surface area contributed by atoms with E-state index in [1.165, 1.54) is 4.90 Å². The first kappa shape index (κ1) is 13.2. The van der Waals surface area contributed by atoms with E-state index in [9.17, 15) is 0 Å². The first-order valence-corrected chi connectivity index (χ1v) is 3.66. The SMILES string of the molecule is CSc1[c-]cccc1.[Cl-].[Mg+2]. The van der Waals surface area contributed by atoms with E-state index in [0.717, 1.165) is 0 Å². The molecule has 1 rings (SSSR count). The van der Waals surface area contributed by atoms with Gasteiger partial charge < -0.3 is 12.4 Å². The van der Waals surface area contributed by atoms with Crippen LogP contribution in [0.5, 0.6) is 0 Å². The second kappa shape index (κ2) is 7.73. The van der Waals surface area contributed by atoms with Crippen LogP contribution in [0.25, 0.3) is 0 Å². The van der Waals surface area contributed by atoms with Crippen molar-refractivity contribution < 1.29 is 12.4 Å². The molecule has 0 fully saturated rings. The molecule has 0 amide bonds. The van der Waals surface area contributed by atoms with Crippen LogP contribution in [0.4, 0.5) is 0 Å². The molecular weight excluding hydrogens is 176 g/mol. The monoisotopic (exact) mass is 182 g/mol. The molecule has 0 bridgehead atoms. The van der Waals surface area contributed by atoms with Gasteiger partial charge in [0.05, 0.1) is 0 Å². The molecule has 0 atom stereocenters. The smallest absolute Gasteiger partial charge is 1.00 e. The summed E-state index contributed by atoms with van der Waals surface area (Å²) in [6, 6.07) is 11.0. The molecule has 1 aromatic rings. The minimum absolute atomic E-state index is 0. The van der Waals surface area contributed by atoms with Gasteiger partial charge in [-0.05, 0) is 6.26 Å². The largest absolute Gasteiger partial charge is 2.00 e. The van der Waals surface area contributed by atoms with Gasteiger partial charge in [0.1, 0.15) is 0 Å². The van der Waals surface area contributed by atoms with Crippen LogP contribution in [-0.2, 0) is 0 Å². The third-order valence-electron chi connectivity index (χ3n) is 0.900. The fourth-order valence-electron chi connectivity index (χ4n) is 0.504. The fraction of sp³-hybridized carbons (Fsp3) is 0.143. The van der Waals surface area contributed by atoms with Gasteiger partial charge in [-0.15, -0.1) is 4.90 Å². The van der Waals surface area contributed by atoms with Crippen LogP contribution in [0.1, 0.15) is 0 Å². The molecule has 0 radical (unpaired) electrons. The van der Waals surface area contributed by atoms with Crippen LogP contribution in [0.3, 0.4) is 0 Å². The summed E-state index contributed by atoms with van der Waals surface area (Å²) < 4.78 is 0. The number of benzene rings is 1. The summed E-state index contributed by atoms with van der Waals surface area (Å²) in [5.41, 5.74) is 0. The van der Waals surface area contributed by atoms with Crippen LogP contribution in [0.2, 0.25) is 0 Å². The van der Waals surface area contributed by atoms with Crippen molar-refractivity contribution in [2.75, 3.05) is 6.26 Å². The maximum atomic E-state index is 3.08. The second-order valence-electron chi connectivity index (χ2n) is 1.43. The van der Waals surface area contributed by atoms with Crippen molar-refractivity contribution in [1.29, 1.82) is 0 Å². The quantitative estimate of drug-likeness (QED) is 0.300. The maximum absolute atomic E-state index is 3.08. The summed E-state index contributed by atoms with van der Waals surface area (Å²) in [4.78, 5) is 1.20. The molecule has 10 heavy (non-hydrogen) atoms. The molecular formula is C7H7ClMgS. The van der Waals surface area contributed by atoms with E-state index in [1.54, 1.807) is 11.8 Å². The molecule has 0 nitrogen and oxygen atoms in total. The van der Waals surface area contributed by atoms with Crippen LogP contribution in [0, 0.1) is 6.07 Å². The van der Waals surface area contributed by atoms with E-state index in [-0.39, 0.29) is 35.5 Å². The van der Waals surface area contributed by atoms with Gasteiger partial charge in [0.15, 0.2) is 0 Å². The molecule has 3 heteroatoms. The van der Waals surface area contributed by atoms with Gasteiger partial charge in [0.25, 0.3) is 0 Å². The minimum Gasteiger partial charge on any atom is -1.00 e. The Morgan fingerprint density at radius 3 is 2.40 bits per heavy atom. The Morgan fingerprint density at radius 1 is 1.40 bits per heavy atom. The van der Waals surface area contributed by atoms with Crippen molar-refractivity contribution in [3.63, 3.8) is 0 Å². The maximum Gasteiger partial charge on any atom is 2.00 e. The molecule has 0 saturated heterocycles. The average Bonchev–Trinajstić information content (AvgIpc) is 1.90. The number of hydrogen-bond acceptors (Lipinski definition) is 1. The Labute approximate surface area is 88.3 Å². The molecule has 0 heterocycles. The predicted molar refractivity (Wildman–Crippen MR) is 42.8 cm³/mol. The normalized spacial score (nSPS) is 7.30. The third-order valence-corrected chi connectivity index (χ3v) is 1.59. The molecule has 0 aliphatic carbocycles. The average molecular weight is 183 g/mol. The molecule has 0 N–H and O–H groups in total. The summed E-state index contributed by atoms with van der Waals surface area (Å²) in [5.74, 6) is 0. The van der Waals surface area contributed by atoms with Crippen molar-refractivity contribution in [3.8, 4) is 0 Å². The van der Waals surface area contributed by atoms with E-state index in [4.69, 9.17) is 0 Å². The van der Waals surface area contributed by atoms with Gasteiger partial charge in [0, 0.05) is 0 Å². The number of rotatable bonds is 1. The van der Waals surface area contributed by atoms with Crippen molar-refractivity contribution in [3.05, 3.63) is 30.3 Å². The van der Waals surface area contributed by atoms with Crippen LogP contribution in [-0.4, -0.2) is 29.3 Å². The molecule has 0 unspecified atom stereocenters. The Bertz CT molecular complexity index is 155. The second-order valence-corrected chi connectivity index (χ2v) is 2.28. The van der Waals surface area contributed by atoms with Gasteiger partial charge in [0.2, 0.25) is 0 Å².